The molecule has 2 aromatic heterocycles. The van der Waals surface area contributed by atoms with Gasteiger partial charge in [-0.1, -0.05) is 25.3 Å². The van der Waals surface area contributed by atoms with Gasteiger partial charge in [0.2, 0.25) is 16.6 Å². The third-order valence-corrected chi connectivity index (χ3v) is 11.3. The predicted octanol–water partition coefficient (Wildman–Crippen LogP) is -1.62. The van der Waals surface area contributed by atoms with E-state index in [-0.39, 0.29) is 48.0 Å². The fraction of sp³-hybridized carbons (Fsp3) is 0.364. The van der Waals surface area contributed by atoms with Gasteiger partial charge in [0.25, 0.3) is 0 Å². The van der Waals surface area contributed by atoms with E-state index in [4.69, 9.17) is 4.12 Å². The molecule has 0 unspecified atom stereocenters. The summed E-state index contributed by atoms with van der Waals surface area (Å²) < 4.78 is 11.5. The summed E-state index contributed by atoms with van der Waals surface area (Å²) in [6.07, 6.45) is 10.1. The summed E-state index contributed by atoms with van der Waals surface area (Å²) in [4.78, 5) is 0. The summed E-state index contributed by atoms with van der Waals surface area (Å²) in [6, 6.07) is 8.53. The molecular weight excluding hydrogens is 618 g/mol. The van der Waals surface area contributed by atoms with E-state index in [9.17, 15) is 0 Å². The maximum absolute atomic E-state index is 6.87. The molecule has 3 nitrogen and oxygen atoms in total. The summed E-state index contributed by atoms with van der Waals surface area (Å²) in [5.41, 5.74) is 4.81. The van der Waals surface area contributed by atoms with E-state index in [0.29, 0.717) is 0 Å². The Hall–Kier alpha value is -0.366. The first-order valence-electron chi connectivity index (χ1n) is 9.50. The lowest BCUT2D eigenvalue weighted by Crippen LogP contribution is -3.00. The van der Waals surface area contributed by atoms with E-state index in [1.165, 1.54) is 11.4 Å². The first-order valence-corrected chi connectivity index (χ1v) is 15.7. The molecule has 0 spiro atoms. The van der Waals surface area contributed by atoms with Crippen LogP contribution in [0.25, 0.3) is 12.2 Å². The van der Waals surface area contributed by atoms with E-state index in [2.05, 4.69) is 99.0 Å². The van der Waals surface area contributed by atoms with Gasteiger partial charge in [-0.2, -0.15) is 0 Å². The SMILES string of the molecule is C=Cc1ccc(C)[n+](C[Si](C)(C)O[Si](C)(C)C[n+]2cc(C=C)ccc2C)c1.[I-].[I-]. The monoisotopic (exact) mass is 652 g/mol. The third kappa shape index (κ3) is 8.72. The third-order valence-electron chi connectivity index (χ3n) is 4.68. The van der Waals surface area contributed by atoms with Crippen LogP contribution in [-0.2, 0) is 16.5 Å². The van der Waals surface area contributed by atoms with Crippen molar-refractivity contribution < 1.29 is 61.2 Å². The molecule has 2 rings (SSSR count). The van der Waals surface area contributed by atoms with Crippen LogP contribution in [0.15, 0.2) is 49.8 Å². The Kier molecular flexibility index (Phi) is 11.7. The van der Waals surface area contributed by atoms with Gasteiger partial charge in [-0.15, -0.1) is 0 Å². The Balaban J connectivity index is 0.00000392. The quantitative estimate of drug-likeness (QED) is 0.191. The zero-order chi connectivity index (χ0) is 20.2. The smallest absolute Gasteiger partial charge is 0.248 e. The van der Waals surface area contributed by atoms with Gasteiger partial charge in [-0.25, -0.2) is 9.13 Å². The minimum Gasteiger partial charge on any atom is -1.00 e. The maximum atomic E-state index is 6.87. The standard InChI is InChI=1S/C22H34N2OSi2.2HI/c1-9-21-13-11-19(3)23(15-21)17-26(5,6)25-27(7,8)18-24-16-22(10-2)14-12-20(24)4;;/h9-16H,1-2,17-18H2,3-8H3;2*1H/q+2;;/p-2. The lowest BCUT2D eigenvalue weighted by Gasteiger charge is -2.30. The Labute approximate surface area is 213 Å². The predicted molar refractivity (Wildman–Crippen MR) is 119 cm³/mol. The molecule has 0 atom stereocenters. The van der Waals surface area contributed by atoms with Crippen molar-refractivity contribution >= 4 is 28.8 Å². The van der Waals surface area contributed by atoms with E-state index < -0.39 is 16.6 Å². The molecule has 29 heavy (non-hydrogen) atoms. The highest BCUT2D eigenvalue weighted by Crippen LogP contribution is 2.16. The zero-order valence-corrected chi connectivity index (χ0v) is 24.8. The van der Waals surface area contributed by atoms with Gasteiger partial charge in [0.05, 0.1) is 0 Å². The van der Waals surface area contributed by atoms with Gasteiger partial charge in [-0.05, 0) is 38.3 Å². The van der Waals surface area contributed by atoms with Crippen LogP contribution in [-0.4, -0.2) is 16.6 Å². The molecule has 0 fully saturated rings. The summed E-state index contributed by atoms with van der Waals surface area (Å²) >= 11 is 0. The van der Waals surface area contributed by atoms with Gasteiger partial charge < -0.3 is 52.1 Å². The fourth-order valence-corrected chi connectivity index (χ4v) is 12.3. The summed E-state index contributed by atoms with van der Waals surface area (Å²) in [7, 11) is -3.77. The van der Waals surface area contributed by atoms with Crippen molar-refractivity contribution in [3.63, 3.8) is 0 Å². The van der Waals surface area contributed by atoms with Crippen LogP contribution in [0.3, 0.4) is 0 Å². The Bertz CT molecular complexity index is 785. The molecule has 0 bridgehead atoms. The highest BCUT2D eigenvalue weighted by Gasteiger charge is 2.40. The Morgan fingerprint density at radius 3 is 1.41 bits per heavy atom. The van der Waals surface area contributed by atoms with Gasteiger partial charge in [-0.3, -0.25) is 0 Å². The molecule has 0 amide bonds. The summed E-state index contributed by atoms with van der Waals surface area (Å²) in [5, 5.41) is 0. The van der Waals surface area contributed by atoms with Crippen LogP contribution in [0.2, 0.25) is 26.2 Å². The molecule has 0 saturated carbocycles. The van der Waals surface area contributed by atoms with Gasteiger partial charge in [0.1, 0.15) is 0 Å². The molecule has 0 aromatic carbocycles. The first kappa shape index (κ1) is 28.6. The number of hydrogen-bond donors (Lipinski definition) is 0. The van der Waals surface area contributed by atoms with Crippen LogP contribution in [0.1, 0.15) is 22.5 Å². The molecule has 0 N–H and O–H groups in total. The second-order valence-corrected chi connectivity index (χ2v) is 17.0. The lowest BCUT2D eigenvalue weighted by atomic mass is 10.2. The average molecular weight is 653 g/mol. The number of halogens is 2. The van der Waals surface area contributed by atoms with Gasteiger partial charge in [0, 0.05) is 37.1 Å². The molecule has 0 saturated heterocycles. The molecule has 2 heterocycles. The molecule has 0 radical (unpaired) electrons. The number of nitrogens with zero attached hydrogens (tertiary/aromatic N) is 2. The number of aromatic nitrogens is 2. The molecule has 0 aliphatic heterocycles. The average Bonchev–Trinajstić information content (AvgIpc) is 2.57. The maximum Gasteiger partial charge on any atom is 0.248 e. The van der Waals surface area contributed by atoms with Crippen molar-refractivity contribution in [3.05, 3.63) is 72.3 Å². The zero-order valence-electron chi connectivity index (χ0n) is 18.5. The molecule has 160 valence electrons. The number of aryl methyl sites for hydroxylation is 2. The van der Waals surface area contributed by atoms with Gasteiger partial charge in [0.15, 0.2) is 36.1 Å². The second-order valence-electron chi connectivity index (χ2n) is 8.49. The first-order chi connectivity index (χ1) is 12.5. The van der Waals surface area contributed by atoms with Crippen molar-refractivity contribution in [2.45, 2.75) is 52.4 Å². The minimum absolute atomic E-state index is 0. The number of rotatable bonds is 8. The van der Waals surface area contributed by atoms with Crippen molar-refractivity contribution in [1.29, 1.82) is 0 Å². The van der Waals surface area contributed by atoms with E-state index in [0.717, 1.165) is 23.5 Å². The highest BCUT2D eigenvalue weighted by molar-refractivity contribution is 6.83. The van der Waals surface area contributed by atoms with E-state index in [1.807, 2.05) is 12.2 Å². The van der Waals surface area contributed by atoms with Crippen molar-refractivity contribution in [3.8, 4) is 0 Å². The summed E-state index contributed by atoms with van der Waals surface area (Å²) in [6.45, 7) is 21.4. The van der Waals surface area contributed by atoms with Crippen molar-refractivity contribution in [1.82, 2.24) is 0 Å². The summed E-state index contributed by atoms with van der Waals surface area (Å²) in [5.74, 6) is 0. The van der Waals surface area contributed by atoms with Crippen LogP contribution < -0.4 is 57.1 Å². The molecule has 0 aliphatic carbocycles. The van der Waals surface area contributed by atoms with Crippen LogP contribution in [0.5, 0.6) is 0 Å². The van der Waals surface area contributed by atoms with Crippen LogP contribution in [0, 0.1) is 13.8 Å². The van der Waals surface area contributed by atoms with E-state index >= 15 is 0 Å². The fourth-order valence-electron chi connectivity index (χ4n) is 3.49. The minimum atomic E-state index is -1.88. The topological polar surface area (TPSA) is 17.0 Å². The van der Waals surface area contributed by atoms with Crippen molar-refractivity contribution in [2.24, 2.45) is 0 Å². The number of hydrogen-bond acceptors (Lipinski definition) is 1. The molecule has 2 aromatic rings. The van der Waals surface area contributed by atoms with Crippen molar-refractivity contribution in [2.75, 3.05) is 0 Å². The number of pyridine rings is 2. The lowest BCUT2D eigenvalue weighted by molar-refractivity contribution is -0.689. The molecule has 7 heteroatoms. The normalized spacial score (nSPS) is 11.2. The Morgan fingerprint density at radius 1 is 0.759 bits per heavy atom. The highest BCUT2D eigenvalue weighted by atomic mass is 127. The second kappa shape index (κ2) is 11.9. The molecular formula is C22H34I2N2OSi2. The van der Waals surface area contributed by atoms with Crippen LogP contribution in [0.4, 0.5) is 0 Å². The van der Waals surface area contributed by atoms with Gasteiger partial charge >= 0.3 is 0 Å². The van der Waals surface area contributed by atoms with Crippen LogP contribution >= 0.6 is 0 Å². The molecule has 0 aliphatic rings. The largest absolute Gasteiger partial charge is 1.00 e. The van der Waals surface area contributed by atoms with E-state index in [1.54, 1.807) is 0 Å². The Morgan fingerprint density at radius 2 is 1.10 bits per heavy atom.